The second kappa shape index (κ2) is 5.06. The first-order valence-electron chi connectivity index (χ1n) is 5.04. The minimum Gasteiger partial charge on any atom is -0.471 e. The van der Waals surface area contributed by atoms with Crippen LogP contribution in [-0.4, -0.2) is 23.5 Å². The molecule has 1 aliphatic rings. The third kappa shape index (κ3) is 2.78. The molecule has 0 spiro atoms. The maximum atomic E-state index is 12.9. The molecule has 0 saturated carbocycles. The summed E-state index contributed by atoms with van der Waals surface area (Å²) in [6.07, 6.45) is -8.48. The Morgan fingerprint density at radius 2 is 1.90 bits per heavy atom. The molecule has 0 amide bonds. The number of carbonyl (C=O) groups is 1. The van der Waals surface area contributed by atoms with Crippen molar-refractivity contribution in [2.45, 2.75) is 12.3 Å². The molecule has 1 aromatic carbocycles. The Hall–Kier alpha value is -1.60. The van der Waals surface area contributed by atoms with Gasteiger partial charge in [-0.15, -0.1) is 0 Å². The zero-order chi connectivity index (χ0) is 15.1. The first-order chi connectivity index (χ1) is 9.20. The van der Waals surface area contributed by atoms with Crippen LogP contribution in [0.25, 0.3) is 6.08 Å². The van der Waals surface area contributed by atoms with Crippen LogP contribution in [0.15, 0.2) is 17.9 Å². The van der Waals surface area contributed by atoms with E-state index in [-0.39, 0.29) is 21.4 Å². The average molecular weight is 329 g/mol. The molecule has 108 valence electrons. The lowest BCUT2D eigenvalue weighted by molar-refractivity contribution is -0.191. The van der Waals surface area contributed by atoms with Crippen molar-refractivity contribution in [2.75, 3.05) is 0 Å². The number of benzene rings is 1. The van der Waals surface area contributed by atoms with E-state index in [9.17, 15) is 18.0 Å². The molecular formula is C11H5Cl2F3O4. The van der Waals surface area contributed by atoms with Gasteiger partial charge in [-0.25, -0.2) is 4.79 Å². The van der Waals surface area contributed by atoms with Gasteiger partial charge >= 0.3 is 12.3 Å². The molecule has 0 fully saturated rings. The van der Waals surface area contributed by atoms with Gasteiger partial charge in [0.1, 0.15) is 5.75 Å². The van der Waals surface area contributed by atoms with Gasteiger partial charge in [0.25, 0.3) is 6.10 Å². The Balaban J connectivity index is 2.56. The molecule has 2 rings (SSSR count). The van der Waals surface area contributed by atoms with E-state index in [4.69, 9.17) is 33.0 Å². The molecule has 20 heavy (non-hydrogen) atoms. The number of halogens is 5. The van der Waals surface area contributed by atoms with Gasteiger partial charge in [0.2, 0.25) is 0 Å². The molecular weight excluding hydrogens is 324 g/mol. The summed E-state index contributed by atoms with van der Waals surface area (Å²) in [5, 5.41) is 8.45. The summed E-state index contributed by atoms with van der Waals surface area (Å²) in [5.41, 5.74) is 0.0240. The lowest BCUT2D eigenvalue weighted by atomic mass is 10.1. The molecule has 1 aliphatic heterocycles. The molecule has 1 heterocycles. The van der Waals surface area contributed by atoms with E-state index in [2.05, 4.69) is 4.74 Å². The Labute approximate surface area is 120 Å². The minimum absolute atomic E-state index is 0.0240. The van der Waals surface area contributed by atoms with Gasteiger partial charge in [0, 0.05) is 5.56 Å². The lowest BCUT2D eigenvalue weighted by Gasteiger charge is -2.28. The van der Waals surface area contributed by atoms with Crippen molar-refractivity contribution in [3.63, 3.8) is 0 Å². The average Bonchev–Trinajstić information content (AvgIpc) is 2.31. The predicted octanol–water partition coefficient (Wildman–Crippen LogP) is 4.35. The van der Waals surface area contributed by atoms with Crippen LogP contribution in [0.5, 0.6) is 5.75 Å². The second-order valence-corrected chi connectivity index (χ2v) is 4.54. The maximum Gasteiger partial charge on any atom is 0.511 e. The monoisotopic (exact) mass is 328 g/mol. The summed E-state index contributed by atoms with van der Waals surface area (Å²) >= 11 is 11.6. The molecule has 1 atom stereocenters. The van der Waals surface area contributed by atoms with E-state index < -0.39 is 24.2 Å². The fourth-order valence-electron chi connectivity index (χ4n) is 1.61. The number of carboxylic acid groups (broad SMARTS) is 1. The van der Waals surface area contributed by atoms with Gasteiger partial charge in [0.05, 0.1) is 10.0 Å². The minimum atomic E-state index is -4.87. The molecule has 0 bridgehead atoms. The Bertz CT molecular complexity index is 598. The van der Waals surface area contributed by atoms with E-state index in [0.717, 1.165) is 6.08 Å². The topological polar surface area (TPSA) is 55.8 Å². The highest BCUT2D eigenvalue weighted by Gasteiger charge is 2.48. The highest BCUT2D eigenvalue weighted by molar-refractivity contribution is 6.35. The van der Waals surface area contributed by atoms with Crippen molar-refractivity contribution in [3.8, 4) is 5.75 Å². The molecule has 0 aromatic heterocycles. The van der Waals surface area contributed by atoms with E-state index >= 15 is 0 Å². The maximum absolute atomic E-state index is 12.9. The molecule has 0 saturated heterocycles. The van der Waals surface area contributed by atoms with Crippen LogP contribution < -0.4 is 4.74 Å². The van der Waals surface area contributed by atoms with Crippen molar-refractivity contribution >= 4 is 35.4 Å². The normalized spacial score (nSPS) is 17.9. The summed E-state index contributed by atoms with van der Waals surface area (Å²) in [4.78, 5) is 10.5. The molecule has 0 aliphatic carbocycles. The summed E-state index contributed by atoms with van der Waals surface area (Å²) in [6.45, 7) is 0. The zero-order valence-corrected chi connectivity index (χ0v) is 10.9. The Morgan fingerprint density at radius 1 is 1.30 bits per heavy atom. The van der Waals surface area contributed by atoms with Crippen LogP contribution in [0.4, 0.5) is 18.0 Å². The second-order valence-electron chi connectivity index (χ2n) is 3.73. The molecule has 4 nitrogen and oxygen atoms in total. The third-order valence-corrected chi connectivity index (χ3v) is 3.01. The van der Waals surface area contributed by atoms with Crippen LogP contribution in [0.3, 0.4) is 0 Å². The number of fused-ring (bicyclic) bond motifs is 1. The van der Waals surface area contributed by atoms with E-state index in [1.54, 1.807) is 0 Å². The number of ether oxygens (including phenoxy) is 2. The fourth-order valence-corrected chi connectivity index (χ4v) is 2.02. The highest BCUT2D eigenvalue weighted by Crippen LogP contribution is 2.43. The van der Waals surface area contributed by atoms with Crippen molar-refractivity contribution < 1.29 is 32.5 Å². The SMILES string of the molecule is O=C(O)OC1=Cc2c(Cl)ccc(Cl)c2OC1C(F)(F)F. The van der Waals surface area contributed by atoms with E-state index in [1.807, 2.05) is 0 Å². The lowest BCUT2D eigenvalue weighted by Crippen LogP contribution is -2.39. The Morgan fingerprint density at radius 3 is 2.45 bits per heavy atom. The van der Waals surface area contributed by atoms with Gasteiger partial charge in [-0.1, -0.05) is 23.2 Å². The van der Waals surface area contributed by atoms with Crippen molar-refractivity contribution in [3.05, 3.63) is 33.5 Å². The van der Waals surface area contributed by atoms with Crippen molar-refractivity contribution in [1.82, 2.24) is 0 Å². The zero-order valence-electron chi connectivity index (χ0n) is 9.37. The number of hydrogen-bond donors (Lipinski definition) is 1. The molecule has 0 radical (unpaired) electrons. The summed E-state index contributed by atoms with van der Waals surface area (Å²) < 4.78 is 47.4. The highest BCUT2D eigenvalue weighted by atomic mass is 35.5. The smallest absolute Gasteiger partial charge is 0.471 e. The number of hydrogen-bond acceptors (Lipinski definition) is 3. The standard InChI is InChI=1S/C11H5Cl2F3O4/c12-5-1-2-6(13)8-4(5)3-7(19-10(17)18)9(20-8)11(14,15)16/h1-3,9H,(H,17,18). The summed E-state index contributed by atoms with van der Waals surface area (Å²) in [7, 11) is 0. The van der Waals surface area contributed by atoms with Crippen molar-refractivity contribution in [2.24, 2.45) is 0 Å². The van der Waals surface area contributed by atoms with Crippen LogP contribution in [0, 0.1) is 0 Å². The summed E-state index contributed by atoms with van der Waals surface area (Å²) in [5.74, 6) is -1.21. The molecule has 9 heteroatoms. The van der Waals surface area contributed by atoms with Crippen LogP contribution in [0.2, 0.25) is 10.0 Å². The van der Waals surface area contributed by atoms with Crippen LogP contribution in [-0.2, 0) is 4.74 Å². The molecule has 1 unspecified atom stereocenters. The van der Waals surface area contributed by atoms with Crippen LogP contribution in [0.1, 0.15) is 5.56 Å². The first kappa shape index (κ1) is 14.8. The number of alkyl halides is 3. The largest absolute Gasteiger partial charge is 0.511 e. The fraction of sp³-hybridized carbons (Fsp3) is 0.182. The van der Waals surface area contributed by atoms with Gasteiger partial charge in [0.15, 0.2) is 5.76 Å². The van der Waals surface area contributed by atoms with Crippen LogP contribution >= 0.6 is 23.2 Å². The van der Waals surface area contributed by atoms with Crippen molar-refractivity contribution in [1.29, 1.82) is 0 Å². The van der Waals surface area contributed by atoms with Gasteiger partial charge < -0.3 is 14.6 Å². The van der Waals surface area contributed by atoms with Gasteiger partial charge in [-0.3, -0.25) is 0 Å². The van der Waals surface area contributed by atoms with E-state index in [0.29, 0.717) is 0 Å². The van der Waals surface area contributed by atoms with Gasteiger partial charge in [-0.05, 0) is 18.2 Å². The quantitative estimate of drug-likeness (QED) is 0.778. The van der Waals surface area contributed by atoms with Gasteiger partial charge in [-0.2, -0.15) is 13.2 Å². The first-order valence-corrected chi connectivity index (χ1v) is 5.79. The molecule has 1 N–H and O–H groups in total. The Kier molecular flexibility index (Phi) is 3.75. The van der Waals surface area contributed by atoms with E-state index in [1.165, 1.54) is 12.1 Å². The predicted molar refractivity (Wildman–Crippen MR) is 64.0 cm³/mol. The molecule has 1 aromatic rings. The summed E-state index contributed by atoms with van der Waals surface area (Å²) in [6, 6.07) is 2.61. The number of rotatable bonds is 1. The third-order valence-electron chi connectivity index (χ3n) is 2.38.